The highest BCUT2D eigenvalue weighted by molar-refractivity contribution is 5.76. The Labute approximate surface area is 88.1 Å². The molecule has 0 fully saturated rings. The van der Waals surface area contributed by atoms with Gasteiger partial charge >= 0.3 is 6.03 Å². The van der Waals surface area contributed by atoms with Crippen molar-refractivity contribution in [1.29, 1.82) is 0 Å². The Morgan fingerprint density at radius 2 is 2.47 bits per heavy atom. The van der Waals surface area contributed by atoms with E-state index in [1.807, 2.05) is 0 Å². The SMILES string of the molecule is COCC(O)CN(C)C(=O)n1ccnc1. The molecule has 1 aromatic heterocycles. The molecule has 0 bridgehead atoms. The largest absolute Gasteiger partial charge is 0.389 e. The first-order chi connectivity index (χ1) is 7.15. The van der Waals surface area contributed by atoms with Crippen molar-refractivity contribution in [2.24, 2.45) is 0 Å². The quantitative estimate of drug-likeness (QED) is 0.751. The highest BCUT2D eigenvalue weighted by Crippen LogP contribution is 1.96. The van der Waals surface area contributed by atoms with Crippen LogP contribution < -0.4 is 0 Å². The summed E-state index contributed by atoms with van der Waals surface area (Å²) in [5.41, 5.74) is 0. The van der Waals surface area contributed by atoms with E-state index >= 15 is 0 Å². The van der Waals surface area contributed by atoms with Crippen LogP contribution in [0.2, 0.25) is 0 Å². The summed E-state index contributed by atoms with van der Waals surface area (Å²) in [5, 5.41) is 9.42. The minimum absolute atomic E-state index is 0.210. The van der Waals surface area contributed by atoms with Crippen molar-refractivity contribution in [2.75, 3.05) is 27.3 Å². The second kappa shape index (κ2) is 5.47. The van der Waals surface area contributed by atoms with E-state index in [-0.39, 0.29) is 19.2 Å². The number of hydrogen-bond acceptors (Lipinski definition) is 4. The van der Waals surface area contributed by atoms with Gasteiger partial charge in [-0.3, -0.25) is 4.57 Å². The van der Waals surface area contributed by atoms with Crippen molar-refractivity contribution in [3.05, 3.63) is 18.7 Å². The minimum atomic E-state index is -0.674. The molecule has 0 aliphatic carbocycles. The summed E-state index contributed by atoms with van der Waals surface area (Å²) in [7, 11) is 3.11. The highest BCUT2D eigenvalue weighted by atomic mass is 16.5. The van der Waals surface area contributed by atoms with Crippen LogP contribution in [0.4, 0.5) is 4.79 Å². The number of likely N-dealkylation sites (N-methyl/N-ethyl adjacent to an activating group) is 1. The minimum Gasteiger partial charge on any atom is -0.389 e. The molecule has 1 amide bonds. The van der Waals surface area contributed by atoms with Crippen LogP contribution in [0.25, 0.3) is 0 Å². The lowest BCUT2D eigenvalue weighted by Gasteiger charge is -2.20. The van der Waals surface area contributed by atoms with Crippen LogP contribution in [0.3, 0.4) is 0 Å². The lowest BCUT2D eigenvalue weighted by atomic mass is 10.3. The van der Waals surface area contributed by atoms with E-state index in [2.05, 4.69) is 4.98 Å². The Hall–Kier alpha value is -1.40. The Bertz CT molecular complexity index is 300. The van der Waals surface area contributed by atoms with Gasteiger partial charge in [-0.15, -0.1) is 0 Å². The van der Waals surface area contributed by atoms with Crippen LogP contribution in [-0.2, 0) is 4.74 Å². The number of methoxy groups -OCH3 is 1. The molecule has 0 aromatic carbocycles. The van der Waals surface area contributed by atoms with Gasteiger partial charge < -0.3 is 14.7 Å². The number of nitrogens with zero attached hydrogens (tertiary/aromatic N) is 3. The van der Waals surface area contributed by atoms with E-state index in [9.17, 15) is 9.90 Å². The first-order valence-corrected chi connectivity index (χ1v) is 4.55. The second-order valence-electron chi connectivity index (χ2n) is 3.24. The fourth-order valence-corrected chi connectivity index (χ4v) is 1.21. The Morgan fingerprint density at radius 1 is 1.73 bits per heavy atom. The van der Waals surface area contributed by atoms with Crippen molar-refractivity contribution < 1.29 is 14.6 Å². The number of carbonyl (C=O) groups is 1. The van der Waals surface area contributed by atoms with E-state index < -0.39 is 6.10 Å². The topological polar surface area (TPSA) is 67.6 Å². The van der Waals surface area contributed by atoms with Crippen LogP contribution in [0.15, 0.2) is 18.7 Å². The maximum atomic E-state index is 11.6. The van der Waals surface area contributed by atoms with Gasteiger partial charge in [0, 0.05) is 26.6 Å². The molecule has 1 atom stereocenters. The van der Waals surface area contributed by atoms with Gasteiger partial charge in [-0.1, -0.05) is 0 Å². The predicted molar refractivity (Wildman–Crippen MR) is 53.5 cm³/mol. The van der Waals surface area contributed by atoms with Gasteiger partial charge in [0.25, 0.3) is 0 Å². The summed E-state index contributed by atoms with van der Waals surface area (Å²) in [6, 6.07) is -0.234. The third-order valence-corrected chi connectivity index (χ3v) is 1.90. The first kappa shape index (κ1) is 11.7. The van der Waals surface area contributed by atoms with Crippen molar-refractivity contribution in [1.82, 2.24) is 14.5 Å². The van der Waals surface area contributed by atoms with Crippen molar-refractivity contribution in [2.45, 2.75) is 6.10 Å². The smallest absolute Gasteiger partial charge is 0.329 e. The molecule has 0 radical (unpaired) electrons. The number of aliphatic hydroxyl groups excluding tert-OH is 1. The van der Waals surface area contributed by atoms with Gasteiger partial charge in [-0.25, -0.2) is 9.78 Å². The summed E-state index contributed by atoms with van der Waals surface area (Å²) in [6.45, 7) is 0.437. The summed E-state index contributed by atoms with van der Waals surface area (Å²) >= 11 is 0. The average molecular weight is 213 g/mol. The van der Waals surface area contributed by atoms with Gasteiger partial charge in [0.1, 0.15) is 6.33 Å². The number of ether oxygens (including phenoxy) is 1. The average Bonchev–Trinajstić information content (AvgIpc) is 2.69. The molecule has 1 rings (SSSR count). The standard InChI is InChI=1S/C9H15N3O3/c1-11(5-8(13)6-15-2)9(14)12-4-3-10-7-12/h3-4,7-8,13H,5-6H2,1-2H3. The molecule has 1 unspecified atom stereocenters. The summed E-state index contributed by atoms with van der Waals surface area (Å²) in [5.74, 6) is 0. The van der Waals surface area contributed by atoms with Gasteiger partial charge in [0.2, 0.25) is 0 Å². The molecule has 0 aliphatic rings. The monoisotopic (exact) mass is 213 g/mol. The van der Waals surface area contributed by atoms with Gasteiger partial charge in [0.15, 0.2) is 0 Å². The van der Waals surface area contributed by atoms with Crippen LogP contribution in [0.5, 0.6) is 0 Å². The maximum absolute atomic E-state index is 11.6. The number of rotatable bonds is 4. The van der Waals surface area contributed by atoms with E-state index in [0.717, 1.165) is 0 Å². The number of aromatic nitrogens is 2. The molecule has 0 saturated carbocycles. The Balaban J connectivity index is 2.47. The van der Waals surface area contributed by atoms with Crippen molar-refractivity contribution >= 4 is 6.03 Å². The summed E-state index contributed by atoms with van der Waals surface area (Å²) in [4.78, 5) is 16.8. The molecule has 15 heavy (non-hydrogen) atoms. The summed E-state index contributed by atoms with van der Waals surface area (Å²) < 4.78 is 6.11. The molecule has 1 N–H and O–H groups in total. The third kappa shape index (κ3) is 3.34. The van der Waals surface area contributed by atoms with Crippen molar-refractivity contribution in [3.8, 4) is 0 Å². The van der Waals surface area contributed by atoms with Crippen LogP contribution in [-0.4, -0.2) is 59.0 Å². The fraction of sp³-hybridized carbons (Fsp3) is 0.556. The van der Waals surface area contributed by atoms with Crippen LogP contribution in [0.1, 0.15) is 0 Å². The number of imidazole rings is 1. The molecule has 0 spiro atoms. The molecule has 0 saturated heterocycles. The van der Waals surface area contributed by atoms with Crippen LogP contribution in [0, 0.1) is 0 Å². The maximum Gasteiger partial charge on any atom is 0.329 e. The van der Waals surface area contributed by atoms with Crippen molar-refractivity contribution in [3.63, 3.8) is 0 Å². The Kier molecular flexibility index (Phi) is 4.26. The zero-order chi connectivity index (χ0) is 11.3. The molecule has 1 aromatic rings. The molecule has 84 valence electrons. The van der Waals surface area contributed by atoms with E-state index in [4.69, 9.17) is 4.74 Å². The third-order valence-electron chi connectivity index (χ3n) is 1.90. The molecule has 1 heterocycles. The first-order valence-electron chi connectivity index (χ1n) is 4.55. The molecule has 6 heteroatoms. The zero-order valence-electron chi connectivity index (χ0n) is 8.83. The molecule has 0 aliphatic heterocycles. The zero-order valence-corrected chi connectivity index (χ0v) is 8.83. The van der Waals surface area contributed by atoms with Gasteiger partial charge in [-0.2, -0.15) is 0 Å². The van der Waals surface area contributed by atoms with E-state index in [1.54, 1.807) is 13.2 Å². The van der Waals surface area contributed by atoms with E-state index in [1.165, 1.54) is 29.1 Å². The summed E-state index contributed by atoms with van der Waals surface area (Å²) in [6.07, 6.45) is 3.83. The fourth-order valence-electron chi connectivity index (χ4n) is 1.21. The number of amides is 1. The normalized spacial score (nSPS) is 12.5. The number of carbonyl (C=O) groups excluding carboxylic acids is 1. The number of hydrogen-bond donors (Lipinski definition) is 1. The lowest BCUT2D eigenvalue weighted by Crippen LogP contribution is -2.38. The molecule has 6 nitrogen and oxygen atoms in total. The van der Waals surface area contributed by atoms with Gasteiger partial charge in [0.05, 0.1) is 19.3 Å². The highest BCUT2D eigenvalue weighted by Gasteiger charge is 2.14. The molecular formula is C9H15N3O3. The predicted octanol–water partition coefficient (Wildman–Crippen LogP) is -0.210. The Morgan fingerprint density at radius 3 is 3.00 bits per heavy atom. The van der Waals surface area contributed by atoms with Gasteiger partial charge in [-0.05, 0) is 0 Å². The number of aliphatic hydroxyl groups is 1. The van der Waals surface area contributed by atoms with E-state index in [0.29, 0.717) is 0 Å². The second-order valence-corrected chi connectivity index (χ2v) is 3.24. The van der Waals surface area contributed by atoms with Crippen LogP contribution >= 0.6 is 0 Å². The molecular weight excluding hydrogens is 198 g/mol. The lowest BCUT2D eigenvalue weighted by molar-refractivity contribution is 0.0491.